The zero-order valence-corrected chi connectivity index (χ0v) is 26.7. The highest BCUT2D eigenvalue weighted by atomic mass is 32.2. The fraction of sp³-hybridized carbons (Fsp3) is 0.333. The average Bonchev–Trinajstić information content (AvgIpc) is 3.39. The number of hydrazone groups is 1. The number of phenols is 1. The summed E-state index contributed by atoms with van der Waals surface area (Å²) < 4.78 is 12.5. The Balaban J connectivity index is 1.54. The number of aromatic nitrogens is 3. The molecular weight excluding hydrogens is 562 g/mol. The van der Waals surface area contributed by atoms with Crippen molar-refractivity contribution < 1.29 is 19.4 Å². The second-order valence-corrected chi connectivity index (χ2v) is 13.1. The van der Waals surface area contributed by atoms with Crippen molar-refractivity contribution in [2.24, 2.45) is 5.10 Å². The van der Waals surface area contributed by atoms with Crippen LogP contribution >= 0.6 is 11.8 Å². The first-order chi connectivity index (χ1) is 20.3. The van der Waals surface area contributed by atoms with Gasteiger partial charge in [-0.3, -0.25) is 9.36 Å². The Morgan fingerprint density at radius 2 is 1.44 bits per heavy atom. The van der Waals surface area contributed by atoms with Gasteiger partial charge in [0.2, 0.25) is 0 Å². The normalized spacial score (nSPS) is 12.0. The average molecular weight is 602 g/mol. The summed E-state index contributed by atoms with van der Waals surface area (Å²) in [7, 11) is 3.24. The molecule has 10 heteroatoms. The first-order valence-electron chi connectivity index (χ1n) is 13.9. The van der Waals surface area contributed by atoms with Crippen molar-refractivity contribution in [1.29, 1.82) is 0 Å². The Kier molecular flexibility index (Phi) is 9.49. The predicted molar refractivity (Wildman–Crippen MR) is 172 cm³/mol. The summed E-state index contributed by atoms with van der Waals surface area (Å²) in [5, 5.41) is 24.6. The van der Waals surface area contributed by atoms with Crippen molar-refractivity contribution >= 4 is 23.9 Å². The van der Waals surface area contributed by atoms with Crippen molar-refractivity contribution in [3.63, 3.8) is 0 Å². The number of ether oxygens (including phenoxy) is 2. The lowest BCUT2D eigenvalue weighted by atomic mass is 9.78. The molecule has 0 aliphatic carbocycles. The van der Waals surface area contributed by atoms with Crippen LogP contribution in [0.2, 0.25) is 0 Å². The number of hydrogen-bond acceptors (Lipinski definition) is 8. The van der Waals surface area contributed by atoms with Crippen molar-refractivity contribution in [1.82, 2.24) is 20.2 Å². The van der Waals surface area contributed by atoms with E-state index in [0.717, 1.165) is 39.4 Å². The van der Waals surface area contributed by atoms with Gasteiger partial charge < -0.3 is 14.6 Å². The molecule has 0 bridgehead atoms. The summed E-state index contributed by atoms with van der Waals surface area (Å²) in [5.41, 5.74) is 6.21. The molecule has 0 aliphatic rings. The van der Waals surface area contributed by atoms with E-state index in [0.29, 0.717) is 16.7 Å². The maximum Gasteiger partial charge on any atom is 0.250 e. The van der Waals surface area contributed by atoms with Crippen molar-refractivity contribution in [2.45, 2.75) is 57.5 Å². The van der Waals surface area contributed by atoms with E-state index >= 15 is 0 Å². The van der Waals surface area contributed by atoms with Crippen molar-refractivity contribution in [3.8, 4) is 34.3 Å². The number of benzene rings is 3. The van der Waals surface area contributed by atoms with E-state index in [-0.39, 0.29) is 22.5 Å². The maximum atomic E-state index is 12.8. The van der Waals surface area contributed by atoms with Gasteiger partial charge in [-0.05, 0) is 77.1 Å². The molecule has 0 aliphatic heterocycles. The number of nitrogens with one attached hydrogen (secondary N) is 1. The van der Waals surface area contributed by atoms with E-state index in [9.17, 15) is 9.90 Å². The van der Waals surface area contributed by atoms with E-state index in [1.54, 1.807) is 20.4 Å². The van der Waals surface area contributed by atoms with Crippen molar-refractivity contribution in [2.75, 3.05) is 20.0 Å². The van der Waals surface area contributed by atoms with Crippen molar-refractivity contribution in [3.05, 3.63) is 77.4 Å². The smallest absolute Gasteiger partial charge is 0.250 e. The molecule has 0 saturated heterocycles. The number of phenolic OH excluding ortho intramolecular Hbond substituents is 1. The third kappa shape index (κ3) is 7.56. The Labute approximate surface area is 257 Å². The number of nitrogens with zero attached hydrogens (tertiary/aromatic N) is 4. The molecule has 4 rings (SSSR count). The monoisotopic (exact) mass is 601 g/mol. The molecule has 226 valence electrons. The van der Waals surface area contributed by atoms with Crippen LogP contribution in [0.3, 0.4) is 0 Å². The third-order valence-corrected chi connectivity index (χ3v) is 7.72. The van der Waals surface area contributed by atoms with Gasteiger partial charge in [0.25, 0.3) is 5.91 Å². The van der Waals surface area contributed by atoms with Crippen LogP contribution in [0.25, 0.3) is 17.1 Å². The van der Waals surface area contributed by atoms with Gasteiger partial charge in [0.05, 0.1) is 26.2 Å². The summed E-state index contributed by atoms with van der Waals surface area (Å²) in [6.45, 7) is 12.3. The Morgan fingerprint density at radius 1 is 0.907 bits per heavy atom. The molecule has 0 saturated carbocycles. The van der Waals surface area contributed by atoms with Gasteiger partial charge in [-0.25, -0.2) is 5.43 Å². The summed E-state index contributed by atoms with van der Waals surface area (Å²) in [6.07, 6.45) is 1.61. The van der Waals surface area contributed by atoms with Crippen LogP contribution in [0.1, 0.15) is 58.2 Å². The minimum atomic E-state index is -0.289. The molecule has 0 radical (unpaired) electrons. The molecule has 0 fully saturated rings. The summed E-state index contributed by atoms with van der Waals surface area (Å²) in [5.74, 6) is 2.18. The quantitative estimate of drug-likeness (QED) is 0.128. The highest BCUT2D eigenvalue weighted by Gasteiger charge is 2.26. The fourth-order valence-electron chi connectivity index (χ4n) is 4.47. The van der Waals surface area contributed by atoms with Gasteiger partial charge in [0, 0.05) is 22.4 Å². The number of aromatic hydroxyl groups is 1. The van der Waals surface area contributed by atoms with E-state index in [4.69, 9.17) is 9.47 Å². The second kappa shape index (κ2) is 12.9. The number of methoxy groups -OCH3 is 2. The molecule has 4 aromatic rings. The molecule has 0 spiro atoms. The molecule has 1 heterocycles. The van der Waals surface area contributed by atoms with Gasteiger partial charge >= 0.3 is 0 Å². The van der Waals surface area contributed by atoms with Gasteiger partial charge in [-0.15, -0.1) is 10.2 Å². The van der Waals surface area contributed by atoms with Gasteiger partial charge in [0.15, 0.2) is 11.0 Å². The molecule has 43 heavy (non-hydrogen) atoms. The second-order valence-electron chi connectivity index (χ2n) is 12.1. The topological polar surface area (TPSA) is 111 Å². The number of amides is 1. The zero-order valence-electron chi connectivity index (χ0n) is 25.9. The van der Waals surface area contributed by atoms with E-state index in [1.807, 2.05) is 65.2 Å². The predicted octanol–water partition coefficient (Wildman–Crippen LogP) is 6.49. The third-order valence-electron chi connectivity index (χ3n) is 6.80. The fourth-order valence-corrected chi connectivity index (χ4v) is 5.21. The maximum absolute atomic E-state index is 12.8. The number of carbonyl (C=O) groups excluding carboxylic acids is 1. The molecule has 2 N–H and O–H groups in total. The molecule has 9 nitrogen and oxygen atoms in total. The molecule has 3 aromatic carbocycles. The lowest BCUT2D eigenvalue weighted by Crippen LogP contribution is -2.20. The standard InChI is InChI=1S/C33H39N5O4S/c1-32(2,3)26-17-21(18-27(29(26)40)33(4,5)6)19-34-35-28(39)20-43-31-37-36-30(22-9-13-24(41-7)14-10-22)38(31)23-11-15-25(42-8)16-12-23/h9-19,40H,20H2,1-8H3,(H,35,39)/b34-19+. The van der Waals surface area contributed by atoms with Crippen LogP contribution in [0, 0.1) is 0 Å². The van der Waals surface area contributed by atoms with Crippen LogP contribution in [0.4, 0.5) is 0 Å². The van der Waals surface area contributed by atoms with E-state index in [1.165, 1.54) is 11.8 Å². The van der Waals surface area contributed by atoms with E-state index < -0.39 is 0 Å². The number of carbonyl (C=O) groups is 1. The lowest BCUT2D eigenvalue weighted by molar-refractivity contribution is -0.118. The first-order valence-corrected chi connectivity index (χ1v) is 14.9. The van der Waals surface area contributed by atoms with E-state index in [2.05, 4.69) is 62.3 Å². The Bertz CT molecular complexity index is 1560. The summed E-state index contributed by atoms with van der Waals surface area (Å²) in [6, 6.07) is 18.9. The first kappa shape index (κ1) is 31.6. The summed E-state index contributed by atoms with van der Waals surface area (Å²) >= 11 is 1.26. The highest BCUT2D eigenvalue weighted by molar-refractivity contribution is 7.99. The van der Waals surface area contributed by atoms with Crippen LogP contribution in [-0.2, 0) is 15.6 Å². The molecule has 0 unspecified atom stereocenters. The number of rotatable bonds is 9. The minimum absolute atomic E-state index is 0.0737. The Morgan fingerprint density at radius 3 is 1.95 bits per heavy atom. The van der Waals surface area contributed by atoms with Gasteiger partial charge in [0.1, 0.15) is 17.2 Å². The van der Waals surface area contributed by atoms with Crippen LogP contribution in [-0.4, -0.2) is 52.0 Å². The highest BCUT2D eigenvalue weighted by Crippen LogP contribution is 2.39. The molecular formula is C33H39N5O4S. The minimum Gasteiger partial charge on any atom is -0.507 e. The SMILES string of the molecule is COc1ccc(-c2nnc(SCC(=O)N/N=C/c3cc(C(C)(C)C)c(O)c(C(C)(C)C)c3)n2-c2ccc(OC)cc2)cc1. The zero-order chi connectivity index (χ0) is 31.4. The molecule has 0 atom stereocenters. The largest absolute Gasteiger partial charge is 0.507 e. The Hall–Kier alpha value is -4.31. The molecule has 1 amide bonds. The van der Waals surface area contributed by atoms with Crippen LogP contribution in [0.5, 0.6) is 17.2 Å². The van der Waals surface area contributed by atoms with Crippen LogP contribution < -0.4 is 14.9 Å². The number of thioether (sulfide) groups is 1. The number of hydrogen-bond donors (Lipinski definition) is 2. The van der Waals surface area contributed by atoms with Crippen LogP contribution in [0.15, 0.2) is 70.9 Å². The lowest BCUT2D eigenvalue weighted by Gasteiger charge is -2.27. The van der Waals surface area contributed by atoms with Gasteiger partial charge in [-0.1, -0.05) is 53.3 Å². The van der Waals surface area contributed by atoms with Gasteiger partial charge in [-0.2, -0.15) is 5.10 Å². The summed E-state index contributed by atoms with van der Waals surface area (Å²) in [4.78, 5) is 12.8. The molecule has 1 aromatic heterocycles.